The zero-order valence-electron chi connectivity index (χ0n) is 22.7. The monoisotopic (exact) mass is 574 g/mol. The van der Waals surface area contributed by atoms with E-state index in [9.17, 15) is 18.0 Å². The molecule has 1 amide bonds. The lowest BCUT2D eigenvalue weighted by molar-refractivity contribution is -0.192. The predicted molar refractivity (Wildman–Crippen MR) is 158 cm³/mol. The molecule has 0 saturated carbocycles. The third-order valence-corrected chi connectivity index (χ3v) is 6.32. The summed E-state index contributed by atoms with van der Waals surface area (Å²) in [6.45, 7) is 2.19. The average molecular weight is 575 g/mol. The molecule has 0 spiro atoms. The molecule has 0 aliphatic heterocycles. The number of nitrogens with zero attached hydrogens (tertiary/aromatic N) is 1. The number of carboxylic acid groups (broad SMARTS) is 1. The van der Waals surface area contributed by atoms with E-state index in [1.165, 1.54) is 5.56 Å². The molecule has 5 rings (SSSR count). The van der Waals surface area contributed by atoms with Gasteiger partial charge < -0.3 is 20.7 Å². The Morgan fingerprint density at radius 3 is 2.36 bits per heavy atom. The minimum atomic E-state index is -5.08. The normalized spacial score (nSPS) is 11.0. The average Bonchev–Trinajstić information content (AvgIpc) is 3.37. The number of carbonyl (C=O) groups excluding carboxylic acids is 1. The zero-order valence-corrected chi connectivity index (χ0v) is 22.7. The molecule has 0 atom stereocenters. The highest BCUT2D eigenvalue weighted by Gasteiger charge is 2.38. The quantitative estimate of drug-likeness (QED) is 0.152. The van der Waals surface area contributed by atoms with E-state index in [1.54, 1.807) is 12.4 Å². The number of para-hydroxylation sites is 1. The van der Waals surface area contributed by atoms with Gasteiger partial charge in [-0.05, 0) is 59.5 Å². The fraction of sp³-hybridized carbons (Fsp3) is 0.156. The Balaban J connectivity index is 0.000000517. The van der Waals surface area contributed by atoms with Crippen LogP contribution >= 0.6 is 0 Å². The molecule has 42 heavy (non-hydrogen) atoms. The van der Waals surface area contributed by atoms with Gasteiger partial charge in [0.25, 0.3) is 0 Å². The second-order valence-corrected chi connectivity index (χ2v) is 9.46. The van der Waals surface area contributed by atoms with E-state index in [1.807, 2.05) is 60.8 Å². The molecule has 216 valence electrons. The highest BCUT2D eigenvalue weighted by molar-refractivity contribution is 5.97. The van der Waals surface area contributed by atoms with Crippen molar-refractivity contribution in [2.45, 2.75) is 32.4 Å². The minimum absolute atomic E-state index is 0.0491. The van der Waals surface area contributed by atoms with Crippen LogP contribution in [-0.2, 0) is 22.4 Å². The van der Waals surface area contributed by atoms with Gasteiger partial charge in [0, 0.05) is 40.2 Å². The van der Waals surface area contributed by atoms with Gasteiger partial charge in [0.1, 0.15) is 0 Å². The fourth-order valence-corrected chi connectivity index (χ4v) is 4.36. The Kier molecular flexibility index (Phi) is 9.59. The van der Waals surface area contributed by atoms with E-state index >= 15 is 0 Å². The van der Waals surface area contributed by atoms with Crippen LogP contribution in [0.5, 0.6) is 0 Å². The number of rotatable bonds is 8. The number of aryl methyl sites for hydroxylation is 1. The SMILES string of the molecule is CCCc1ccc(-c2cc(NC(=O)Cc3c[nH]c4ccccc34)ccc2Nc2cccnc2)cc1.O=C(O)C(F)(F)F. The Morgan fingerprint density at radius 2 is 1.69 bits per heavy atom. The summed E-state index contributed by atoms with van der Waals surface area (Å²) in [6, 6.07) is 26.5. The molecule has 0 bridgehead atoms. The van der Waals surface area contributed by atoms with Gasteiger partial charge in [-0.1, -0.05) is 55.8 Å². The van der Waals surface area contributed by atoms with Gasteiger partial charge in [0.15, 0.2) is 0 Å². The molecule has 0 radical (unpaired) electrons. The van der Waals surface area contributed by atoms with Crippen LogP contribution in [0.3, 0.4) is 0 Å². The second kappa shape index (κ2) is 13.5. The van der Waals surface area contributed by atoms with Crippen molar-refractivity contribution >= 4 is 39.8 Å². The molecule has 2 heterocycles. The van der Waals surface area contributed by atoms with Gasteiger partial charge in [-0.15, -0.1) is 0 Å². The summed E-state index contributed by atoms with van der Waals surface area (Å²) in [5.74, 6) is -2.81. The van der Waals surface area contributed by atoms with Crippen molar-refractivity contribution in [1.29, 1.82) is 0 Å². The number of H-pyrrole nitrogens is 1. The number of aromatic nitrogens is 2. The lowest BCUT2D eigenvalue weighted by Gasteiger charge is -2.15. The van der Waals surface area contributed by atoms with Crippen molar-refractivity contribution in [2.24, 2.45) is 0 Å². The van der Waals surface area contributed by atoms with E-state index in [0.29, 0.717) is 6.42 Å². The van der Waals surface area contributed by atoms with Crippen molar-refractivity contribution < 1.29 is 27.9 Å². The number of benzene rings is 3. The van der Waals surface area contributed by atoms with E-state index in [2.05, 4.69) is 51.8 Å². The second-order valence-electron chi connectivity index (χ2n) is 9.46. The number of amides is 1. The zero-order chi connectivity index (χ0) is 30.1. The van der Waals surface area contributed by atoms with Crippen LogP contribution in [0.15, 0.2) is 97.5 Å². The number of nitrogens with one attached hydrogen (secondary N) is 3. The molecule has 4 N–H and O–H groups in total. The lowest BCUT2D eigenvalue weighted by Crippen LogP contribution is -2.21. The van der Waals surface area contributed by atoms with Gasteiger partial charge >= 0.3 is 12.1 Å². The van der Waals surface area contributed by atoms with Gasteiger partial charge in [-0.25, -0.2) is 4.79 Å². The topological polar surface area (TPSA) is 107 Å². The number of aliphatic carboxylic acids is 1. The minimum Gasteiger partial charge on any atom is -0.475 e. The van der Waals surface area contributed by atoms with E-state index in [4.69, 9.17) is 9.90 Å². The number of hydrogen-bond acceptors (Lipinski definition) is 4. The molecule has 0 aliphatic rings. The molecule has 0 saturated heterocycles. The van der Waals surface area contributed by atoms with Crippen molar-refractivity contribution in [3.05, 3.63) is 109 Å². The number of hydrogen-bond donors (Lipinski definition) is 4. The van der Waals surface area contributed by atoms with Crippen LogP contribution in [0.4, 0.5) is 30.2 Å². The maximum Gasteiger partial charge on any atom is 0.490 e. The van der Waals surface area contributed by atoms with Gasteiger partial charge in [-0.3, -0.25) is 9.78 Å². The number of carbonyl (C=O) groups is 2. The number of pyridine rings is 1. The van der Waals surface area contributed by atoms with Crippen LogP contribution < -0.4 is 10.6 Å². The first-order valence-electron chi connectivity index (χ1n) is 13.2. The molecule has 7 nitrogen and oxygen atoms in total. The maximum atomic E-state index is 12.9. The highest BCUT2D eigenvalue weighted by Crippen LogP contribution is 2.33. The first-order chi connectivity index (χ1) is 20.1. The summed E-state index contributed by atoms with van der Waals surface area (Å²) in [5.41, 5.74) is 8.07. The van der Waals surface area contributed by atoms with Gasteiger partial charge in [0.05, 0.1) is 18.3 Å². The Hall–Kier alpha value is -5.12. The Labute approximate surface area is 240 Å². The highest BCUT2D eigenvalue weighted by atomic mass is 19.4. The van der Waals surface area contributed by atoms with Crippen molar-refractivity contribution in [2.75, 3.05) is 10.6 Å². The van der Waals surface area contributed by atoms with Crippen molar-refractivity contribution in [3.8, 4) is 11.1 Å². The van der Waals surface area contributed by atoms with Crippen LogP contribution in [-0.4, -0.2) is 33.1 Å². The predicted octanol–water partition coefficient (Wildman–Crippen LogP) is 7.74. The third kappa shape index (κ3) is 7.97. The molecular weight excluding hydrogens is 545 g/mol. The first-order valence-corrected chi connectivity index (χ1v) is 13.2. The number of carboxylic acids is 1. The fourth-order valence-electron chi connectivity index (χ4n) is 4.36. The van der Waals surface area contributed by atoms with Crippen LogP contribution in [0.2, 0.25) is 0 Å². The molecule has 2 aromatic heterocycles. The third-order valence-electron chi connectivity index (χ3n) is 6.32. The number of anilines is 3. The summed E-state index contributed by atoms with van der Waals surface area (Å²) < 4.78 is 31.7. The van der Waals surface area contributed by atoms with E-state index in [0.717, 1.165) is 57.5 Å². The maximum absolute atomic E-state index is 12.9. The summed E-state index contributed by atoms with van der Waals surface area (Å²) in [7, 11) is 0. The summed E-state index contributed by atoms with van der Waals surface area (Å²) in [4.78, 5) is 29.3. The molecule has 5 aromatic rings. The Morgan fingerprint density at radius 1 is 0.952 bits per heavy atom. The number of fused-ring (bicyclic) bond motifs is 1. The van der Waals surface area contributed by atoms with E-state index < -0.39 is 12.1 Å². The molecule has 3 aromatic carbocycles. The molecule has 0 fully saturated rings. The largest absolute Gasteiger partial charge is 0.490 e. The Bertz CT molecular complexity index is 1650. The summed E-state index contributed by atoms with van der Waals surface area (Å²) in [5, 5.41) is 14.8. The van der Waals surface area contributed by atoms with Crippen LogP contribution in [0.25, 0.3) is 22.0 Å². The molecular formula is C32H29F3N4O3. The molecule has 0 aliphatic carbocycles. The number of aromatic amines is 1. The van der Waals surface area contributed by atoms with Gasteiger partial charge in [-0.2, -0.15) is 13.2 Å². The molecule has 10 heteroatoms. The summed E-state index contributed by atoms with van der Waals surface area (Å²) in [6.07, 6.45) is 2.86. The van der Waals surface area contributed by atoms with Gasteiger partial charge in [0.2, 0.25) is 5.91 Å². The number of alkyl halides is 3. The summed E-state index contributed by atoms with van der Waals surface area (Å²) >= 11 is 0. The van der Waals surface area contributed by atoms with Crippen LogP contribution in [0, 0.1) is 0 Å². The van der Waals surface area contributed by atoms with E-state index in [-0.39, 0.29) is 5.91 Å². The number of halogens is 3. The van der Waals surface area contributed by atoms with Crippen molar-refractivity contribution in [1.82, 2.24) is 9.97 Å². The first kappa shape index (κ1) is 29.9. The smallest absolute Gasteiger partial charge is 0.475 e. The standard InChI is InChI=1S/C30H28N4O.C2HF3O2/c1-2-6-21-10-12-22(13-11-21)27-18-24(14-15-29(27)33-25-7-5-16-31-20-25)34-30(35)17-23-19-32-28-9-4-3-8-26(23)28;3-2(4,5)1(6)7/h3-5,7-16,18-20,32-33H,2,6,17H2,1H3,(H,34,35);(H,6,7). The molecule has 0 unspecified atom stereocenters. The van der Waals surface area contributed by atoms with Crippen molar-refractivity contribution in [3.63, 3.8) is 0 Å². The lowest BCUT2D eigenvalue weighted by atomic mass is 10.00. The van der Waals surface area contributed by atoms with Crippen LogP contribution in [0.1, 0.15) is 24.5 Å².